The molecule has 0 saturated carbocycles. The van der Waals surface area contributed by atoms with Crippen molar-refractivity contribution >= 4 is 5.91 Å². The zero-order valence-corrected chi connectivity index (χ0v) is 10.7. The molecule has 18 heavy (non-hydrogen) atoms. The van der Waals surface area contributed by atoms with Crippen LogP contribution >= 0.6 is 0 Å². The van der Waals surface area contributed by atoms with Crippen LogP contribution in [0.1, 0.15) is 29.2 Å². The second-order valence-corrected chi connectivity index (χ2v) is 4.61. The number of hydrogen-bond donors (Lipinski definition) is 0. The SMILES string of the molecule is C#CCN(C)C(=O)c1ccc(CN2CCCC2)o1. The number of carbonyl (C=O) groups is 1. The van der Waals surface area contributed by atoms with Crippen molar-refractivity contribution in [3.8, 4) is 12.3 Å². The number of terminal acetylenes is 1. The van der Waals surface area contributed by atoms with Gasteiger partial charge in [0.25, 0.3) is 5.91 Å². The summed E-state index contributed by atoms with van der Waals surface area (Å²) < 4.78 is 5.57. The van der Waals surface area contributed by atoms with Gasteiger partial charge in [0.05, 0.1) is 13.1 Å². The Balaban J connectivity index is 1.97. The molecule has 0 atom stereocenters. The van der Waals surface area contributed by atoms with Crippen molar-refractivity contribution in [2.45, 2.75) is 19.4 Å². The van der Waals surface area contributed by atoms with Crippen molar-refractivity contribution in [1.29, 1.82) is 0 Å². The zero-order chi connectivity index (χ0) is 13.0. The maximum atomic E-state index is 11.9. The Morgan fingerprint density at radius 2 is 2.22 bits per heavy atom. The number of furan rings is 1. The summed E-state index contributed by atoms with van der Waals surface area (Å²) in [7, 11) is 1.67. The van der Waals surface area contributed by atoms with E-state index < -0.39 is 0 Å². The van der Waals surface area contributed by atoms with E-state index >= 15 is 0 Å². The van der Waals surface area contributed by atoms with Crippen LogP contribution in [0.2, 0.25) is 0 Å². The number of rotatable bonds is 4. The minimum Gasteiger partial charge on any atom is -0.455 e. The summed E-state index contributed by atoms with van der Waals surface area (Å²) in [4.78, 5) is 15.7. The maximum absolute atomic E-state index is 11.9. The van der Waals surface area contributed by atoms with Gasteiger partial charge in [-0.25, -0.2) is 0 Å². The molecule has 0 bridgehead atoms. The standard InChI is InChI=1S/C14H18N2O2/c1-3-8-15(2)14(17)13-7-6-12(18-13)11-16-9-4-5-10-16/h1,6-7H,4-5,8-11H2,2H3. The summed E-state index contributed by atoms with van der Waals surface area (Å²) in [5.74, 6) is 3.48. The first kappa shape index (κ1) is 12.7. The van der Waals surface area contributed by atoms with Crippen LogP contribution < -0.4 is 0 Å². The lowest BCUT2D eigenvalue weighted by molar-refractivity contribution is 0.0778. The first-order chi connectivity index (χ1) is 8.70. The molecular weight excluding hydrogens is 228 g/mol. The Kier molecular flexibility index (Phi) is 4.06. The van der Waals surface area contributed by atoms with Crippen LogP contribution in [-0.2, 0) is 6.54 Å². The molecule has 1 aliphatic heterocycles. The molecule has 4 heteroatoms. The zero-order valence-electron chi connectivity index (χ0n) is 10.7. The molecule has 0 radical (unpaired) electrons. The van der Waals surface area contributed by atoms with Gasteiger partial charge in [-0.15, -0.1) is 6.42 Å². The highest BCUT2D eigenvalue weighted by Gasteiger charge is 2.17. The predicted molar refractivity (Wildman–Crippen MR) is 69.0 cm³/mol. The number of likely N-dealkylation sites (tertiary alicyclic amines) is 1. The monoisotopic (exact) mass is 246 g/mol. The summed E-state index contributed by atoms with van der Waals surface area (Å²) in [6, 6.07) is 3.59. The molecule has 0 aromatic carbocycles. The third-order valence-corrected chi connectivity index (χ3v) is 3.13. The van der Waals surface area contributed by atoms with Crippen molar-refractivity contribution in [2.24, 2.45) is 0 Å². The third kappa shape index (κ3) is 2.93. The highest BCUT2D eigenvalue weighted by molar-refractivity contribution is 5.91. The lowest BCUT2D eigenvalue weighted by Gasteiger charge is -2.13. The molecule has 4 nitrogen and oxygen atoms in total. The molecule has 1 aromatic rings. The van der Waals surface area contributed by atoms with E-state index in [1.165, 1.54) is 17.7 Å². The van der Waals surface area contributed by atoms with Crippen LogP contribution in [0.3, 0.4) is 0 Å². The smallest absolute Gasteiger partial charge is 0.290 e. The lowest BCUT2D eigenvalue weighted by atomic mass is 10.3. The largest absolute Gasteiger partial charge is 0.455 e. The Hall–Kier alpha value is -1.73. The van der Waals surface area contributed by atoms with E-state index in [0.717, 1.165) is 25.4 Å². The molecule has 1 aliphatic rings. The average molecular weight is 246 g/mol. The fourth-order valence-electron chi connectivity index (χ4n) is 2.14. The topological polar surface area (TPSA) is 36.7 Å². The van der Waals surface area contributed by atoms with Gasteiger partial charge in [0.1, 0.15) is 5.76 Å². The highest BCUT2D eigenvalue weighted by Crippen LogP contribution is 2.15. The van der Waals surface area contributed by atoms with Gasteiger partial charge in [0.15, 0.2) is 5.76 Å². The van der Waals surface area contributed by atoms with Crippen LogP contribution in [0.5, 0.6) is 0 Å². The van der Waals surface area contributed by atoms with Crippen molar-refractivity contribution in [3.63, 3.8) is 0 Å². The Morgan fingerprint density at radius 3 is 2.89 bits per heavy atom. The molecule has 2 heterocycles. The van der Waals surface area contributed by atoms with Crippen molar-refractivity contribution in [2.75, 3.05) is 26.7 Å². The summed E-state index contributed by atoms with van der Waals surface area (Å²) in [5, 5.41) is 0. The first-order valence-corrected chi connectivity index (χ1v) is 6.20. The molecule has 0 unspecified atom stereocenters. The Bertz CT molecular complexity index is 453. The van der Waals surface area contributed by atoms with E-state index in [9.17, 15) is 4.79 Å². The second kappa shape index (κ2) is 5.74. The number of nitrogens with zero attached hydrogens (tertiary/aromatic N) is 2. The predicted octanol–water partition coefficient (Wildman–Crippen LogP) is 1.58. The molecule has 1 saturated heterocycles. The molecule has 0 N–H and O–H groups in total. The molecule has 1 fully saturated rings. The third-order valence-electron chi connectivity index (χ3n) is 3.13. The summed E-state index contributed by atoms with van der Waals surface area (Å²) >= 11 is 0. The number of amides is 1. The molecule has 1 aromatic heterocycles. The molecule has 0 aliphatic carbocycles. The molecule has 96 valence electrons. The molecule has 0 spiro atoms. The van der Waals surface area contributed by atoms with E-state index in [4.69, 9.17) is 10.8 Å². The number of carbonyl (C=O) groups excluding carboxylic acids is 1. The van der Waals surface area contributed by atoms with Crippen LogP contribution in [0.25, 0.3) is 0 Å². The maximum Gasteiger partial charge on any atom is 0.290 e. The van der Waals surface area contributed by atoms with Crippen LogP contribution in [0.4, 0.5) is 0 Å². The normalized spacial score (nSPS) is 15.6. The molecule has 2 rings (SSSR count). The van der Waals surface area contributed by atoms with Gasteiger partial charge in [0, 0.05) is 7.05 Å². The number of hydrogen-bond acceptors (Lipinski definition) is 3. The van der Waals surface area contributed by atoms with Crippen molar-refractivity contribution in [3.05, 3.63) is 23.7 Å². The van der Waals surface area contributed by atoms with Crippen LogP contribution in [0.15, 0.2) is 16.5 Å². The molecular formula is C14H18N2O2. The quantitative estimate of drug-likeness (QED) is 0.757. The fourth-order valence-corrected chi connectivity index (χ4v) is 2.14. The van der Waals surface area contributed by atoms with Crippen molar-refractivity contribution < 1.29 is 9.21 Å². The Morgan fingerprint density at radius 1 is 1.50 bits per heavy atom. The first-order valence-electron chi connectivity index (χ1n) is 6.20. The minimum absolute atomic E-state index is 0.166. The average Bonchev–Trinajstić information content (AvgIpc) is 3.00. The highest BCUT2D eigenvalue weighted by atomic mass is 16.4. The molecule has 1 amide bonds. The van der Waals surface area contributed by atoms with Gasteiger partial charge in [-0.1, -0.05) is 5.92 Å². The summed E-state index contributed by atoms with van der Waals surface area (Å²) in [5.41, 5.74) is 0. The second-order valence-electron chi connectivity index (χ2n) is 4.61. The Labute approximate surface area is 108 Å². The fraction of sp³-hybridized carbons (Fsp3) is 0.500. The van der Waals surface area contributed by atoms with Gasteiger partial charge < -0.3 is 9.32 Å². The van der Waals surface area contributed by atoms with Crippen molar-refractivity contribution in [1.82, 2.24) is 9.80 Å². The summed E-state index contributed by atoms with van der Waals surface area (Å²) in [6.45, 7) is 3.30. The lowest BCUT2D eigenvalue weighted by Crippen LogP contribution is -2.26. The van der Waals surface area contributed by atoms with Gasteiger partial charge in [-0.2, -0.15) is 0 Å². The van der Waals surface area contributed by atoms with Crippen LogP contribution in [-0.4, -0.2) is 42.4 Å². The van der Waals surface area contributed by atoms with Crippen LogP contribution in [0, 0.1) is 12.3 Å². The van der Waals surface area contributed by atoms with E-state index in [-0.39, 0.29) is 5.91 Å². The summed E-state index contributed by atoms with van der Waals surface area (Å²) in [6.07, 6.45) is 7.67. The van der Waals surface area contributed by atoms with Gasteiger partial charge in [-0.05, 0) is 38.1 Å². The van der Waals surface area contributed by atoms with Gasteiger partial charge in [-0.3, -0.25) is 9.69 Å². The van der Waals surface area contributed by atoms with E-state index in [1.54, 1.807) is 13.1 Å². The van der Waals surface area contributed by atoms with E-state index in [1.807, 2.05) is 6.07 Å². The van der Waals surface area contributed by atoms with Gasteiger partial charge in [0.2, 0.25) is 0 Å². The van der Waals surface area contributed by atoms with Gasteiger partial charge >= 0.3 is 0 Å². The van der Waals surface area contributed by atoms with E-state index in [2.05, 4.69) is 10.8 Å². The van der Waals surface area contributed by atoms with E-state index in [0.29, 0.717) is 12.3 Å². The minimum atomic E-state index is -0.166.